The van der Waals surface area contributed by atoms with Crippen LogP contribution in [0.25, 0.3) is 0 Å². The third-order valence-electron chi connectivity index (χ3n) is 3.12. The fourth-order valence-corrected chi connectivity index (χ4v) is 2.29. The fourth-order valence-electron chi connectivity index (χ4n) is 2.03. The van der Waals surface area contributed by atoms with E-state index in [2.05, 4.69) is 12.0 Å². The standard InChI is InChI=1S/C14H17ClFN3/c1-3-6-19-14(11(15)8-18-19)13(17)10-5-4-9(2)12(16)7-10/h4-5,7-8,13H,3,6,17H2,1-2H3. The van der Waals surface area contributed by atoms with Gasteiger partial charge in [-0.25, -0.2) is 4.39 Å². The van der Waals surface area contributed by atoms with Gasteiger partial charge < -0.3 is 5.73 Å². The number of benzene rings is 1. The molecular weight excluding hydrogens is 265 g/mol. The maximum atomic E-state index is 13.6. The highest BCUT2D eigenvalue weighted by molar-refractivity contribution is 6.31. The SMILES string of the molecule is CCCn1ncc(Cl)c1C(N)c1ccc(C)c(F)c1. The molecule has 19 heavy (non-hydrogen) atoms. The average molecular weight is 282 g/mol. The van der Waals surface area contributed by atoms with Crippen LogP contribution in [0.3, 0.4) is 0 Å². The molecule has 0 radical (unpaired) electrons. The summed E-state index contributed by atoms with van der Waals surface area (Å²) in [4.78, 5) is 0. The van der Waals surface area contributed by atoms with Crippen LogP contribution in [-0.2, 0) is 6.54 Å². The van der Waals surface area contributed by atoms with Crippen molar-refractivity contribution in [2.24, 2.45) is 5.73 Å². The van der Waals surface area contributed by atoms with Crippen LogP contribution in [-0.4, -0.2) is 9.78 Å². The lowest BCUT2D eigenvalue weighted by Crippen LogP contribution is -2.18. The molecule has 1 aromatic carbocycles. The summed E-state index contributed by atoms with van der Waals surface area (Å²) in [6.07, 6.45) is 2.51. The number of aromatic nitrogens is 2. The van der Waals surface area contributed by atoms with Crippen LogP contribution >= 0.6 is 11.6 Å². The lowest BCUT2D eigenvalue weighted by molar-refractivity contribution is 0.557. The number of rotatable bonds is 4. The molecule has 2 aromatic rings. The highest BCUT2D eigenvalue weighted by Gasteiger charge is 2.19. The Kier molecular flexibility index (Phi) is 4.22. The minimum atomic E-state index is -0.475. The molecule has 1 heterocycles. The third kappa shape index (κ3) is 2.80. The summed E-state index contributed by atoms with van der Waals surface area (Å²) in [5.74, 6) is -0.259. The summed E-state index contributed by atoms with van der Waals surface area (Å²) in [5.41, 5.74) is 8.23. The Morgan fingerprint density at radius 2 is 2.21 bits per heavy atom. The van der Waals surface area contributed by atoms with E-state index in [4.69, 9.17) is 17.3 Å². The maximum absolute atomic E-state index is 13.6. The van der Waals surface area contributed by atoms with Gasteiger partial charge in [-0.3, -0.25) is 4.68 Å². The van der Waals surface area contributed by atoms with Crippen LogP contribution in [0.15, 0.2) is 24.4 Å². The molecular formula is C14H17ClFN3. The van der Waals surface area contributed by atoms with Crippen LogP contribution in [0.4, 0.5) is 4.39 Å². The summed E-state index contributed by atoms with van der Waals surface area (Å²) in [6, 6.07) is 4.53. The minimum absolute atomic E-state index is 0.259. The molecule has 0 saturated carbocycles. The lowest BCUT2D eigenvalue weighted by atomic mass is 10.0. The Hall–Kier alpha value is -1.39. The van der Waals surface area contributed by atoms with Gasteiger partial charge in [-0.1, -0.05) is 30.7 Å². The minimum Gasteiger partial charge on any atom is -0.319 e. The molecule has 0 bridgehead atoms. The first-order chi connectivity index (χ1) is 9.04. The molecule has 2 N–H and O–H groups in total. The largest absolute Gasteiger partial charge is 0.319 e. The summed E-state index contributed by atoms with van der Waals surface area (Å²) in [7, 11) is 0. The van der Waals surface area contributed by atoms with Crippen LogP contribution in [0.5, 0.6) is 0 Å². The number of halogens is 2. The molecule has 0 aliphatic carbocycles. The summed E-state index contributed by atoms with van der Waals surface area (Å²) >= 11 is 6.14. The molecule has 0 spiro atoms. The first-order valence-corrected chi connectivity index (χ1v) is 6.65. The molecule has 0 fully saturated rings. The smallest absolute Gasteiger partial charge is 0.126 e. The van der Waals surface area contributed by atoms with Crippen LogP contribution in [0, 0.1) is 12.7 Å². The zero-order chi connectivity index (χ0) is 14.0. The van der Waals surface area contributed by atoms with E-state index >= 15 is 0 Å². The molecule has 3 nitrogen and oxygen atoms in total. The Labute approximate surface area is 117 Å². The molecule has 102 valence electrons. The summed E-state index contributed by atoms with van der Waals surface area (Å²) in [5, 5.41) is 4.72. The van der Waals surface area contributed by atoms with Gasteiger partial charge in [0, 0.05) is 6.54 Å². The van der Waals surface area contributed by atoms with Crippen molar-refractivity contribution in [1.29, 1.82) is 0 Å². The molecule has 0 aliphatic heterocycles. The van der Waals surface area contributed by atoms with E-state index in [1.807, 2.05) is 6.07 Å². The second-order valence-corrected chi connectivity index (χ2v) is 4.99. The Balaban J connectivity index is 2.40. The number of nitrogens with two attached hydrogens (primary N) is 1. The van der Waals surface area contributed by atoms with E-state index < -0.39 is 6.04 Å². The zero-order valence-electron chi connectivity index (χ0n) is 11.0. The topological polar surface area (TPSA) is 43.8 Å². The predicted octanol–water partition coefficient (Wildman–Crippen LogP) is 3.44. The fraction of sp³-hybridized carbons (Fsp3) is 0.357. The van der Waals surface area contributed by atoms with Crippen LogP contribution in [0.1, 0.15) is 36.2 Å². The summed E-state index contributed by atoms with van der Waals surface area (Å²) in [6.45, 7) is 4.51. The van der Waals surface area contributed by atoms with Gasteiger partial charge in [-0.05, 0) is 30.5 Å². The van der Waals surface area contributed by atoms with Crippen molar-refractivity contribution in [3.63, 3.8) is 0 Å². The van der Waals surface area contributed by atoms with Crippen molar-refractivity contribution in [3.8, 4) is 0 Å². The molecule has 2 rings (SSSR count). The highest BCUT2D eigenvalue weighted by atomic mass is 35.5. The Morgan fingerprint density at radius 1 is 1.47 bits per heavy atom. The van der Waals surface area contributed by atoms with Gasteiger partial charge in [0.25, 0.3) is 0 Å². The average Bonchev–Trinajstić information content (AvgIpc) is 2.74. The number of nitrogens with zero attached hydrogens (tertiary/aromatic N) is 2. The van der Waals surface area contributed by atoms with Crippen molar-refractivity contribution in [3.05, 3.63) is 52.1 Å². The van der Waals surface area contributed by atoms with Crippen molar-refractivity contribution >= 4 is 11.6 Å². The van der Waals surface area contributed by atoms with Crippen LogP contribution in [0.2, 0.25) is 5.02 Å². The molecule has 0 amide bonds. The number of hydrogen-bond donors (Lipinski definition) is 1. The van der Waals surface area contributed by atoms with Gasteiger partial charge in [0.1, 0.15) is 5.82 Å². The van der Waals surface area contributed by atoms with E-state index in [1.54, 1.807) is 23.9 Å². The molecule has 1 unspecified atom stereocenters. The summed E-state index contributed by atoms with van der Waals surface area (Å²) < 4.78 is 15.4. The van der Waals surface area contributed by atoms with E-state index in [1.165, 1.54) is 6.07 Å². The van der Waals surface area contributed by atoms with Gasteiger partial charge in [-0.2, -0.15) is 5.10 Å². The lowest BCUT2D eigenvalue weighted by Gasteiger charge is -2.15. The van der Waals surface area contributed by atoms with Gasteiger partial charge in [-0.15, -0.1) is 0 Å². The van der Waals surface area contributed by atoms with Crippen LogP contribution < -0.4 is 5.73 Å². The number of aryl methyl sites for hydroxylation is 2. The van der Waals surface area contributed by atoms with E-state index in [0.717, 1.165) is 18.7 Å². The molecule has 5 heteroatoms. The molecule has 1 aromatic heterocycles. The monoisotopic (exact) mass is 281 g/mol. The van der Waals surface area contributed by atoms with Crippen molar-refractivity contribution in [2.45, 2.75) is 32.9 Å². The Morgan fingerprint density at radius 3 is 2.84 bits per heavy atom. The normalized spacial score (nSPS) is 12.7. The predicted molar refractivity (Wildman–Crippen MR) is 74.7 cm³/mol. The molecule has 0 saturated heterocycles. The second kappa shape index (κ2) is 5.72. The van der Waals surface area contributed by atoms with Gasteiger partial charge >= 0.3 is 0 Å². The third-order valence-corrected chi connectivity index (χ3v) is 3.41. The number of hydrogen-bond acceptors (Lipinski definition) is 2. The van der Waals surface area contributed by atoms with Crippen molar-refractivity contribution in [2.75, 3.05) is 0 Å². The highest BCUT2D eigenvalue weighted by Crippen LogP contribution is 2.27. The first kappa shape index (κ1) is 14.0. The van der Waals surface area contributed by atoms with Crippen molar-refractivity contribution < 1.29 is 4.39 Å². The molecule has 0 aliphatic rings. The molecule has 1 atom stereocenters. The Bertz CT molecular complexity index is 580. The maximum Gasteiger partial charge on any atom is 0.126 e. The van der Waals surface area contributed by atoms with Crippen molar-refractivity contribution in [1.82, 2.24) is 9.78 Å². The van der Waals surface area contributed by atoms with E-state index in [9.17, 15) is 4.39 Å². The van der Waals surface area contributed by atoms with Gasteiger partial charge in [0.05, 0.1) is 23.0 Å². The van der Waals surface area contributed by atoms with Gasteiger partial charge in [0.15, 0.2) is 0 Å². The second-order valence-electron chi connectivity index (χ2n) is 4.59. The quantitative estimate of drug-likeness (QED) is 0.933. The van der Waals surface area contributed by atoms with E-state index in [-0.39, 0.29) is 5.82 Å². The van der Waals surface area contributed by atoms with E-state index in [0.29, 0.717) is 16.1 Å². The zero-order valence-corrected chi connectivity index (χ0v) is 11.8. The van der Waals surface area contributed by atoms with Gasteiger partial charge in [0.2, 0.25) is 0 Å². The first-order valence-electron chi connectivity index (χ1n) is 6.27.